The third-order valence-corrected chi connectivity index (χ3v) is 6.16. The quantitative estimate of drug-likeness (QED) is 0.602. The minimum Gasteiger partial charge on any atom is -0.465 e. The fraction of sp³-hybridized carbons (Fsp3) is 0.174. The van der Waals surface area contributed by atoms with Gasteiger partial charge < -0.3 is 19.5 Å². The highest BCUT2D eigenvalue weighted by atomic mass is 32.1. The lowest BCUT2D eigenvalue weighted by Gasteiger charge is -2.05. The molecule has 1 amide bonds. The van der Waals surface area contributed by atoms with E-state index in [0.29, 0.717) is 33.9 Å². The predicted molar refractivity (Wildman–Crippen MR) is 115 cm³/mol. The Hall–Kier alpha value is -3.83. The van der Waals surface area contributed by atoms with Gasteiger partial charge >= 0.3 is 5.97 Å². The number of esters is 1. The molecule has 1 aliphatic heterocycles. The SMILES string of the molecule is COC(=O)c1ccc(C(=O)Nc2sc(Cc3ccc4c(c3)OCO4)c(C)c2C#N)cc1. The number of amides is 1. The molecule has 2 aromatic carbocycles. The van der Waals surface area contributed by atoms with Crippen molar-refractivity contribution < 1.29 is 23.8 Å². The lowest BCUT2D eigenvalue weighted by molar-refractivity contribution is 0.0600. The molecule has 0 atom stereocenters. The summed E-state index contributed by atoms with van der Waals surface area (Å²) in [5.41, 5.74) is 3.03. The van der Waals surface area contributed by atoms with E-state index in [1.165, 1.54) is 30.6 Å². The number of nitrogens with one attached hydrogen (secondary N) is 1. The van der Waals surface area contributed by atoms with E-state index in [1.54, 1.807) is 12.1 Å². The highest BCUT2D eigenvalue weighted by molar-refractivity contribution is 7.16. The number of fused-ring (bicyclic) bond motifs is 1. The Balaban J connectivity index is 1.54. The average molecular weight is 434 g/mol. The molecule has 1 aromatic heterocycles. The van der Waals surface area contributed by atoms with Gasteiger partial charge in [-0.3, -0.25) is 4.79 Å². The van der Waals surface area contributed by atoms with Crippen molar-refractivity contribution in [1.82, 2.24) is 0 Å². The number of nitriles is 1. The molecule has 0 unspecified atom stereocenters. The Bertz CT molecular complexity index is 1210. The number of carbonyl (C=O) groups excluding carboxylic acids is 2. The number of benzene rings is 2. The van der Waals surface area contributed by atoms with E-state index in [4.69, 9.17) is 9.47 Å². The van der Waals surface area contributed by atoms with E-state index in [-0.39, 0.29) is 12.7 Å². The molecule has 7 nitrogen and oxygen atoms in total. The second-order valence-corrected chi connectivity index (χ2v) is 7.96. The lowest BCUT2D eigenvalue weighted by Crippen LogP contribution is -2.12. The van der Waals surface area contributed by atoms with Crippen molar-refractivity contribution in [2.24, 2.45) is 0 Å². The highest BCUT2D eigenvalue weighted by Gasteiger charge is 2.19. The average Bonchev–Trinajstić information content (AvgIpc) is 3.37. The number of thiophene rings is 1. The van der Waals surface area contributed by atoms with Crippen LogP contribution >= 0.6 is 11.3 Å². The van der Waals surface area contributed by atoms with Crippen molar-refractivity contribution in [2.45, 2.75) is 13.3 Å². The molecule has 1 aliphatic rings. The van der Waals surface area contributed by atoms with Crippen LogP contribution in [0.3, 0.4) is 0 Å². The van der Waals surface area contributed by atoms with Crippen LogP contribution in [0.5, 0.6) is 11.5 Å². The zero-order valence-corrected chi connectivity index (χ0v) is 17.7. The number of nitrogens with zero attached hydrogens (tertiary/aromatic N) is 1. The minimum absolute atomic E-state index is 0.214. The number of carbonyl (C=O) groups is 2. The first-order valence-corrected chi connectivity index (χ1v) is 10.2. The molecule has 0 bridgehead atoms. The number of ether oxygens (including phenoxy) is 3. The third kappa shape index (κ3) is 4.09. The summed E-state index contributed by atoms with van der Waals surface area (Å²) in [4.78, 5) is 25.2. The van der Waals surface area contributed by atoms with Crippen LogP contribution in [0.15, 0.2) is 42.5 Å². The van der Waals surface area contributed by atoms with Crippen LogP contribution in [-0.4, -0.2) is 25.8 Å². The largest absolute Gasteiger partial charge is 0.465 e. The van der Waals surface area contributed by atoms with Crippen LogP contribution in [0.1, 0.15) is 42.3 Å². The van der Waals surface area contributed by atoms with E-state index in [0.717, 1.165) is 21.8 Å². The van der Waals surface area contributed by atoms with Gasteiger partial charge in [0.1, 0.15) is 11.1 Å². The molecule has 2 heterocycles. The van der Waals surface area contributed by atoms with Gasteiger partial charge in [0.15, 0.2) is 11.5 Å². The minimum atomic E-state index is -0.472. The number of anilines is 1. The molecule has 8 heteroatoms. The molecule has 0 saturated heterocycles. The number of hydrogen-bond acceptors (Lipinski definition) is 7. The standard InChI is InChI=1S/C23H18N2O5S/c1-13-17(11-24)22(25-21(26)15-4-6-16(7-5-15)23(27)28-2)31-20(13)10-14-3-8-18-19(9-14)30-12-29-18/h3-9H,10,12H2,1-2H3,(H,25,26). The highest BCUT2D eigenvalue weighted by Crippen LogP contribution is 2.37. The van der Waals surface area contributed by atoms with Gasteiger partial charge in [0.05, 0.1) is 18.2 Å². The molecule has 3 aromatic rings. The summed E-state index contributed by atoms with van der Waals surface area (Å²) in [6.45, 7) is 2.09. The molecule has 1 N–H and O–H groups in total. The Kier molecular flexibility index (Phi) is 5.60. The first-order chi connectivity index (χ1) is 15.0. The van der Waals surface area contributed by atoms with Gasteiger partial charge in [0.2, 0.25) is 6.79 Å². The monoisotopic (exact) mass is 434 g/mol. The summed E-state index contributed by atoms with van der Waals surface area (Å²) in [6.07, 6.45) is 0.603. The van der Waals surface area contributed by atoms with Gasteiger partial charge in [0.25, 0.3) is 5.91 Å². The van der Waals surface area contributed by atoms with Gasteiger partial charge in [0, 0.05) is 16.9 Å². The van der Waals surface area contributed by atoms with Crippen LogP contribution in [-0.2, 0) is 11.2 Å². The predicted octanol–water partition coefficient (Wildman–Crippen LogP) is 4.29. The normalized spacial score (nSPS) is 11.6. The third-order valence-electron chi connectivity index (χ3n) is 4.95. The van der Waals surface area contributed by atoms with E-state index >= 15 is 0 Å². The summed E-state index contributed by atoms with van der Waals surface area (Å²) in [7, 11) is 1.30. The molecular weight excluding hydrogens is 416 g/mol. The maximum Gasteiger partial charge on any atom is 0.337 e. The Morgan fingerprint density at radius 3 is 2.55 bits per heavy atom. The van der Waals surface area contributed by atoms with Crippen molar-refractivity contribution in [3.05, 3.63) is 75.2 Å². The van der Waals surface area contributed by atoms with Gasteiger partial charge in [-0.2, -0.15) is 5.26 Å². The Morgan fingerprint density at radius 2 is 1.84 bits per heavy atom. The van der Waals surface area contributed by atoms with E-state index < -0.39 is 5.97 Å². The van der Waals surface area contributed by atoms with Gasteiger partial charge in [-0.15, -0.1) is 11.3 Å². The summed E-state index contributed by atoms with van der Waals surface area (Å²) < 4.78 is 15.4. The van der Waals surface area contributed by atoms with Crippen LogP contribution < -0.4 is 14.8 Å². The Labute approximate surface area is 182 Å². The maximum atomic E-state index is 12.7. The molecule has 0 radical (unpaired) electrons. The van der Waals surface area contributed by atoms with E-state index in [1.807, 2.05) is 25.1 Å². The topological polar surface area (TPSA) is 97.7 Å². The molecule has 0 spiro atoms. The van der Waals surface area contributed by atoms with Crippen LogP contribution in [0.4, 0.5) is 5.00 Å². The molecule has 0 fully saturated rings. The van der Waals surface area contributed by atoms with E-state index in [9.17, 15) is 14.9 Å². The number of methoxy groups -OCH3 is 1. The number of hydrogen-bond donors (Lipinski definition) is 1. The number of rotatable bonds is 5. The zero-order valence-electron chi connectivity index (χ0n) is 16.9. The molecule has 0 aliphatic carbocycles. The van der Waals surface area contributed by atoms with Crippen molar-refractivity contribution >= 4 is 28.2 Å². The van der Waals surface area contributed by atoms with Crippen molar-refractivity contribution in [3.63, 3.8) is 0 Å². The van der Waals surface area contributed by atoms with Crippen molar-refractivity contribution in [2.75, 3.05) is 19.2 Å². The molecule has 31 heavy (non-hydrogen) atoms. The maximum absolute atomic E-state index is 12.7. The van der Waals surface area contributed by atoms with Crippen LogP contribution in [0.2, 0.25) is 0 Å². The van der Waals surface area contributed by atoms with Gasteiger partial charge in [-0.1, -0.05) is 6.07 Å². The van der Waals surface area contributed by atoms with Gasteiger partial charge in [-0.25, -0.2) is 4.79 Å². The second kappa shape index (κ2) is 8.50. The summed E-state index contributed by atoms with van der Waals surface area (Å²) in [5, 5.41) is 13.0. The van der Waals surface area contributed by atoms with Gasteiger partial charge in [-0.05, 0) is 54.4 Å². The Morgan fingerprint density at radius 1 is 1.13 bits per heavy atom. The fourth-order valence-electron chi connectivity index (χ4n) is 3.24. The second-order valence-electron chi connectivity index (χ2n) is 6.85. The molecular formula is C23H18N2O5S. The van der Waals surface area contributed by atoms with Crippen LogP contribution in [0, 0.1) is 18.3 Å². The first kappa shape index (κ1) is 20.4. The van der Waals surface area contributed by atoms with E-state index in [2.05, 4.69) is 16.1 Å². The zero-order chi connectivity index (χ0) is 22.0. The lowest BCUT2D eigenvalue weighted by atomic mass is 10.1. The summed E-state index contributed by atoms with van der Waals surface area (Å²) >= 11 is 1.37. The molecule has 0 saturated carbocycles. The van der Waals surface area contributed by atoms with Crippen molar-refractivity contribution in [3.8, 4) is 17.6 Å². The molecule has 156 valence electrons. The van der Waals surface area contributed by atoms with Crippen molar-refractivity contribution in [1.29, 1.82) is 5.26 Å². The summed E-state index contributed by atoms with van der Waals surface area (Å²) in [6, 6.07) is 14.1. The fourth-order valence-corrected chi connectivity index (χ4v) is 4.42. The smallest absolute Gasteiger partial charge is 0.337 e. The first-order valence-electron chi connectivity index (χ1n) is 9.40. The molecule has 4 rings (SSSR count). The summed E-state index contributed by atoms with van der Waals surface area (Å²) in [5.74, 6) is 0.594. The van der Waals surface area contributed by atoms with Crippen LogP contribution in [0.25, 0.3) is 0 Å².